The predicted molar refractivity (Wildman–Crippen MR) is 130 cm³/mol. The number of nitrogens with one attached hydrogen (secondary N) is 1. The molecule has 1 aliphatic carbocycles. The lowest BCUT2D eigenvalue weighted by atomic mass is 9.93. The number of carbonyl (C=O) groups excluding carboxylic acids is 1. The normalized spacial score (nSPS) is 22.3. The molecule has 1 aromatic carbocycles. The number of aliphatic imine (C=N–C) groups is 1. The monoisotopic (exact) mass is 480 g/mol. The molecule has 1 aromatic rings. The number of guanidine groups is 1. The Kier molecular flexibility index (Phi) is 10.6. The summed E-state index contributed by atoms with van der Waals surface area (Å²) in [5, 5.41) is 3.03. The highest BCUT2D eigenvalue weighted by Gasteiger charge is 2.41. The van der Waals surface area contributed by atoms with Crippen LogP contribution in [0, 0.1) is 0 Å². The number of amides is 1. The zero-order valence-electron chi connectivity index (χ0n) is 19.6. The molecule has 0 aromatic heterocycles. The van der Waals surface area contributed by atoms with E-state index < -0.39 is 25.8 Å². The first-order valence-electron chi connectivity index (χ1n) is 11.4. The molecule has 184 valence electrons. The van der Waals surface area contributed by atoms with Gasteiger partial charge in [-0.3, -0.25) is 9.36 Å². The predicted octanol–water partition coefficient (Wildman–Crippen LogP) is 2.83. The molecular weight excluding hydrogens is 443 g/mol. The maximum absolute atomic E-state index is 13.1. The highest BCUT2D eigenvalue weighted by atomic mass is 31.2. The van der Waals surface area contributed by atoms with Crippen molar-refractivity contribution in [3.8, 4) is 0 Å². The van der Waals surface area contributed by atoms with E-state index in [1.165, 1.54) is 6.92 Å². The van der Waals surface area contributed by atoms with Crippen LogP contribution in [-0.4, -0.2) is 47.7 Å². The van der Waals surface area contributed by atoms with Crippen LogP contribution in [0.5, 0.6) is 0 Å². The zero-order chi connectivity index (χ0) is 24.4. The molecule has 2 rings (SSSR count). The van der Waals surface area contributed by atoms with Gasteiger partial charge < -0.3 is 30.9 Å². The fraction of sp³-hybridized carbons (Fsp3) is 0.565. The van der Waals surface area contributed by atoms with E-state index in [9.17, 15) is 14.3 Å². The highest BCUT2D eigenvalue weighted by molar-refractivity contribution is 7.57. The maximum Gasteiger partial charge on any atom is 0.354 e. The van der Waals surface area contributed by atoms with Gasteiger partial charge in [0.15, 0.2) is 5.96 Å². The Hall–Kier alpha value is -2.19. The Morgan fingerprint density at radius 1 is 1.27 bits per heavy atom. The Balaban J connectivity index is 2.21. The molecule has 10 heteroatoms. The van der Waals surface area contributed by atoms with E-state index in [-0.39, 0.29) is 36.3 Å². The Bertz CT molecular complexity index is 869. The van der Waals surface area contributed by atoms with Gasteiger partial charge in [-0.2, -0.15) is 0 Å². The minimum absolute atomic E-state index is 0.0675. The van der Waals surface area contributed by atoms with Gasteiger partial charge in [0, 0.05) is 18.7 Å². The average Bonchev–Trinajstić information content (AvgIpc) is 2.76. The number of benzene rings is 1. The third-order valence-corrected chi connectivity index (χ3v) is 7.16. The minimum atomic E-state index is -4.11. The lowest BCUT2D eigenvalue weighted by molar-refractivity contribution is -0.121. The second-order valence-electron chi connectivity index (χ2n) is 8.19. The number of ether oxygens (including phenoxy) is 1. The summed E-state index contributed by atoms with van der Waals surface area (Å²) in [5.41, 5.74) is 12.4. The second-order valence-corrected chi connectivity index (χ2v) is 10.1. The SMILES string of the molecule is CCC(CC)O[C@@H]1C=C(P(=O)(O)OCCCc2ccccc2)C[C@H](N=C(N)N)[C@H]1NC(C)=O. The van der Waals surface area contributed by atoms with E-state index in [1.807, 2.05) is 44.2 Å². The number of nitrogens with zero attached hydrogens (tertiary/aromatic N) is 1. The third kappa shape index (κ3) is 8.59. The van der Waals surface area contributed by atoms with E-state index in [1.54, 1.807) is 6.08 Å². The summed E-state index contributed by atoms with van der Waals surface area (Å²) in [6, 6.07) is 8.62. The van der Waals surface area contributed by atoms with Gasteiger partial charge in [-0.25, -0.2) is 4.99 Å². The van der Waals surface area contributed by atoms with Crippen molar-refractivity contribution in [2.24, 2.45) is 16.5 Å². The van der Waals surface area contributed by atoms with E-state index in [2.05, 4.69) is 10.3 Å². The van der Waals surface area contributed by atoms with Gasteiger partial charge in [-0.15, -0.1) is 0 Å². The molecule has 0 saturated carbocycles. The van der Waals surface area contributed by atoms with Crippen LogP contribution in [0.4, 0.5) is 0 Å². The average molecular weight is 481 g/mol. The second kappa shape index (κ2) is 12.9. The molecule has 0 bridgehead atoms. The van der Waals surface area contributed by atoms with E-state index in [0.29, 0.717) is 6.42 Å². The Labute approximate surface area is 196 Å². The molecule has 0 aliphatic heterocycles. The maximum atomic E-state index is 13.1. The molecule has 4 atom stereocenters. The van der Waals surface area contributed by atoms with Crippen molar-refractivity contribution in [3.63, 3.8) is 0 Å². The summed E-state index contributed by atoms with van der Waals surface area (Å²) in [7, 11) is -4.11. The lowest BCUT2D eigenvalue weighted by Crippen LogP contribution is -2.53. The number of rotatable bonds is 12. The van der Waals surface area contributed by atoms with Gasteiger partial charge in [0.1, 0.15) is 0 Å². The fourth-order valence-corrected chi connectivity index (χ4v) is 5.18. The van der Waals surface area contributed by atoms with Crippen molar-refractivity contribution in [1.82, 2.24) is 5.32 Å². The van der Waals surface area contributed by atoms with Gasteiger partial charge >= 0.3 is 7.60 Å². The summed E-state index contributed by atoms with van der Waals surface area (Å²) in [5.74, 6) is -0.440. The van der Waals surface area contributed by atoms with Crippen LogP contribution in [0.3, 0.4) is 0 Å². The van der Waals surface area contributed by atoms with Crippen LogP contribution in [0.25, 0.3) is 0 Å². The van der Waals surface area contributed by atoms with Gasteiger partial charge in [0.05, 0.1) is 30.9 Å². The molecule has 0 heterocycles. The number of nitrogens with two attached hydrogens (primary N) is 2. The summed E-state index contributed by atoms with van der Waals surface area (Å²) >= 11 is 0. The molecule has 1 aliphatic rings. The fourth-order valence-electron chi connectivity index (χ4n) is 3.88. The van der Waals surface area contributed by atoms with Crippen LogP contribution in [0.2, 0.25) is 0 Å². The number of hydrogen-bond acceptors (Lipinski definition) is 5. The smallest absolute Gasteiger partial charge is 0.354 e. The molecular formula is C23H37N4O5P. The quantitative estimate of drug-likeness (QED) is 0.155. The standard InChI is InChI=1S/C23H37N4O5P/c1-4-18(5-2)32-21-15-19(14-20(27-23(24)25)22(21)26-16(3)28)33(29,30)31-13-9-12-17-10-7-6-8-11-17/h6-8,10-11,15,18,20-22H,4-5,9,12-14H2,1-3H3,(H,26,28)(H,29,30)(H4,24,25,27)/t20-,21+,22+/m0/s1. The molecule has 9 nitrogen and oxygen atoms in total. The lowest BCUT2D eigenvalue weighted by Gasteiger charge is -2.37. The van der Waals surface area contributed by atoms with Gasteiger partial charge in [0.2, 0.25) is 5.91 Å². The van der Waals surface area contributed by atoms with Crippen molar-refractivity contribution < 1.29 is 23.5 Å². The highest BCUT2D eigenvalue weighted by Crippen LogP contribution is 2.54. The molecule has 0 fully saturated rings. The Morgan fingerprint density at radius 3 is 2.52 bits per heavy atom. The first-order valence-corrected chi connectivity index (χ1v) is 13.0. The Morgan fingerprint density at radius 2 is 1.94 bits per heavy atom. The van der Waals surface area contributed by atoms with Crippen LogP contribution in [0.1, 0.15) is 52.0 Å². The van der Waals surface area contributed by atoms with Crippen molar-refractivity contribution in [1.29, 1.82) is 0 Å². The number of aryl methyl sites for hydroxylation is 1. The van der Waals surface area contributed by atoms with E-state index in [4.69, 9.17) is 20.7 Å². The number of hydrogen-bond donors (Lipinski definition) is 4. The van der Waals surface area contributed by atoms with Crippen LogP contribution >= 0.6 is 7.60 Å². The third-order valence-electron chi connectivity index (χ3n) is 5.57. The summed E-state index contributed by atoms with van der Waals surface area (Å²) in [6.45, 7) is 5.51. The molecule has 0 saturated heterocycles. The molecule has 1 amide bonds. The zero-order valence-corrected chi connectivity index (χ0v) is 20.5. The van der Waals surface area contributed by atoms with Crippen LogP contribution < -0.4 is 16.8 Å². The molecule has 6 N–H and O–H groups in total. The molecule has 0 radical (unpaired) electrons. The first-order chi connectivity index (χ1) is 15.7. The number of carbonyl (C=O) groups is 1. The molecule has 0 spiro atoms. The van der Waals surface area contributed by atoms with Crippen molar-refractivity contribution >= 4 is 19.5 Å². The largest absolute Gasteiger partial charge is 0.370 e. The van der Waals surface area contributed by atoms with Gasteiger partial charge in [-0.1, -0.05) is 44.2 Å². The molecule has 1 unspecified atom stereocenters. The van der Waals surface area contributed by atoms with Crippen molar-refractivity contribution in [2.45, 2.75) is 77.2 Å². The van der Waals surface area contributed by atoms with Gasteiger partial charge in [0.25, 0.3) is 0 Å². The van der Waals surface area contributed by atoms with Crippen molar-refractivity contribution in [3.05, 3.63) is 47.3 Å². The topological polar surface area (TPSA) is 149 Å². The summed E-state index contributed by atoms with van der Waals surface area (Å²) < 4.78 is 24.8. The minimum Gasteiger partial charge on any atom is -0.370 e. The first kappa shape index (κ1) is 27.1. The van der Waals surface area contributed by atoms with E-state index in [0.717, 1.165) is 24.8 Å². The van der Waals surface area contributed by atoms with Crippen LogP contribution in [0.15, 0.2) is 46.7 Å². The summed E-state index contributed by atoms with van der Waals surface area (Å²) in [6.07, 6.45) is 3.73. The molecule has 33 heavy (non-hydrogen) atoms. The van der Waals surface area contributed by atoms with E-state index >= 15 is 0 Å². The van der Waals surface area contributed by atoms with Gasteiger partial charge in [-0.05, 0) is 37.3 Å². The van der Waals surface area contributed by atoms with Crippen molar-refractivity contribution in [2.75, 3.05) is 6.61 Å². The van der Waals surface area contributed by atoms with Crippen LogP contribution in [-0.2, 0) is 25.0 Å². The summed E-state index contributed by atoms with van der Waals surface area (Å²) in [4.78, 5) is 26.8.